The fourth-order valence-electron chi connectivity index (χ4n) is 2.74. The van der Waals surface area contributed by atoms with Gasteiger partial charge in [0.05, 0.1) is 5.41 Å². The predicted molar refractivity (Wildman–Crippen MR) is 90.9 cm³/mol. The average Bonchev–Trinajstić information content (AvgIpc) is 2.45. The van der Waals surface area contributed by atoms with Gasteiger partial charge in [0.1, 0.15) is 5.60 Å². The molecular formula is C19H32O4. The standard InChI is InChI=1S/C19H32O4/c1-13(2)12-19(8,17(3,4)5)16(21)22-14-10-9-11-18(6,7)23-15(14)20/h12,14H,9-11H2,1-8H3. The molecular weight excluding hydrogens is 292 g/mol. The molecule has 0 amide bonds. The van der Waals surface area contributed by atoms with E-state index in [0.717, 1.165) is 18.4 Å². The molecule has 0 spiro atoms. The van der Waals surface area contributed by atoms with E-state index in [4.69, 9.17) is 9.47 Å². The Morgan fingerprint density at radius 3 is 2.30 bits per heavy atom. The van der Waals surface area contributed by atoms with Gasteiger partial charge in [-0.05, 0) is 59.3 Å². The summed E-state index contributed by atoms with van der Waals surface area (Å²) in [6.45, 7) is 15.6. The number of allylic oxidation sites excluding steroid dienone is 1. The van der Waals surface area contributed by atoms with Gasteiger partial charge in [-0.15, -0.1) is 0 Å². The third-order valence-corrected chi connectivity index (χ3v) is 4.69. The van der Waals surface area contributed by atoms with Gasteiger partial charge in [0, 0.05) is 0 Å². The van der Waals surface area contributed by atoms with Gasteiger partial charge in [-0.1, -0.05) is 32.4 Å². The number of hydrogen-bond donors (Lipinski definition) is 0. The van der Waals surface area contributed by atoms with Crippen LogP contribution in [0.15, 0.2) is 11.6 Å². The molecule has 2 unspecified atom stereocenters. The lowest BCUT2D eigenvalue weighted by Gasteiger charge is -2.38. The molecule has 132 valence electrons. The van der Waals surface area contributed by atoms with Crippen LogP contribution < -0.4 is 0 Å². The van der Waals surface area contributed by atoms with Crippen LogP contribution in [0.25, 0.3) is 0 Å². The van der Waals surface area contributed by atoms with Crippen molar-refractivity contribution in [1.29, 1.82) is 0 Å². The van der Waals surface area contributed by atoms with E-state index in [2.05, 4.69) is 0 Å². The van der Waals surface area contributed by atoms with Crippen LogP contribution in [0.2, 0.25) is 0 Å². The van der Waals surface area contributed by atoms with Crippen molar-refractivity contribution >= 4 is 11.9 Å². The van der Waals surface area contributed by atoms with Gasteiger partial charge in [0.25, 0.3) is 0 Å². The van der Waals surface area contributed by atoms with Crippen molar-refractivity contribution < 1.29 is 19.1 Å². The number of carbonyl (C=O) groups is 2. The second-order valence-electron chi connectivity index (χ2n) is 8.64. The van der Waals surface area contributed by atoms with E-state index in [-0.39, 0.29) is 11.4 Å². The molecule has 1 saturated heterocycles. The van der Waals surface area contributed by atoms with E-state index in [1.54, 1.807) is 0 Å². The van der Waals surface area contributed by atoms with Gasteiger partial charge in [-0.2, -0.15) is 0 Å². The van der Waals surface area contributed by atoms with Gasteiger partial charge < -0.3 is 9.47 Å². The summed E-state index contributed by atoms with van der Waals surface area (Å²) in [4.78, 5) is 25.1. The summed E-state index contributed by atoms with van der Waals surface area (Å²) in [7, 11) is 0. The average molecular weight is 324 g/mol. The maximum atomic E-state index is 12.9. The highest BCUT2D eigenvalue weighted by Crippen LogP contribution is 2.42. The van der Waals surface area contributed by atoms with Gasteiger partial charge in [0.2, 0.25) is 0 Å². The Morgan fingerprint density at radius 1 is 1.26 bits per heavy atom. The fourth-order valence-corrected chi connectivity index (χ4v) is 2.74. The normalized spacial score (nSPS) is 24.0. The molecule has 1 aliphatic rings. The zero-order chi connectivity index (χ0) is 18.1. The van der Waals surface area contributed by atoms with E-state index >= 15 is 0 Å². The van der Waals surface area contributed by atoms with Crippen molar-refractivity contribution in [3.05, 3.63) is 11.6 Å². The van der Waals surface area contributed by atoms with Crippen LogP contribution in [-0.4, -0.2) is 23.6 Å². The summed E-state index contributed by atoms with van der Waals surface area (Å²) in [5.74, 6) is -0.804. The molecule has 1 heterocycles. The van der Waals surface area contributed by atoms with Crippen LogP contribution in [0.3, 0.4) is 0 Å². The number of hydrogen-bond acceptors (Lipinski definition) is 4. The quantitative estimate of drug-likeness (QED) is 0.569. The second kappa shape index (κ2) is 6.66. The maximum absolute atomic E-state index is 12.9. The van der Waals surface area contributed by atoms with Gasteiger partial charge in [-0.3, -0.25) is 4.79 Å². The number of ether oxygens (including phenoxy) is 2. The van der Waals surface area contributed by atoms with E-state index in [1.807, 2.05) is 61.5 Å². The molecule has 4 nitrogen and oxygen atoms in total. The van der Waals surface area contributed by atoms with Crippen molar-refractivity contribution in [3.8, 4) is 0 Å². The number of cyclic esters (lactones) is 1. The minimum atomic E-state index is -0.809. The maximum Gasteiger partial charge on any atom is 0.347 e. The highest BCUT2D eigenvalue weighted by molar-refractivity contribution is 5.84. The second-order valence-corrected chi connectivity index (χ2v) is 8.64. The lowest BCUT2D eigenvalue weighted by atomic mass is 9.67. The van der Waals surface area contributed by atoms with Crippen LogP contribution in [0.1, 0.15) is 74.7 Å². The monoisotopic (exact) mass is 324 g/mol. The Labute approximate surface area is 140 Å². The van der Waals surface area contributed by atoms with E-state index in [1.165, 1.54) is 0 Å². The molecule has 0 bridgehead atoms. The first-order chi connectivity index (χ1) is 10.3. The van der Waals surface area contributed by atoms with Crippen molar-refractivity contribution in [2.75, 3.05) is 0 Å². The minimum absolute atomic E-state index is 0.324. The lowest BCUT2D eigenvalue weighted by molar-refractivity contribution is -0.180. The molecule has 0 aliphatic carbocycles. The Bertz CT molecular complexity index is 492. The molecule has 1 fully saturated rings. The molecule has 0 aromatic heterocycles. The summed E-state index contributed by atoms with van der Waals surface area (Å²) in [6, 6.07) is 0. The van der Waals surface area contributed by atoms with Crippen LogP contribution in [0.4, 0.5) is 0 Å². The molecule has 1 rings (SSSR count). The third-order valence-electron chi connectivity index (χ3n) is 4.69. The SMILES string of the molecule is CC(C)=CC(C)(C(=O)OC1CCCC(C)(C)OC1=O)C(C)(C)C. The van der Waals surface area contributed by atoms with Crippen molar-refractivity contribution in [3.63, 3.8) is 0 Å². The third kappa shape index (κ3) is 4.82. The summed E-state index contributed by atoms with van der Waals surface area (Å²) < 4.78 is 11.1. The first kappa shape index (κ1) is 19.7. The van der Waals surface area contributed by atoms with Crippen LogP contribution in [0.5, 0.6) is 0 Å². The summed E-state index contributed by atoms with van der Waals surface area (Å²) in [6.07, 6.45) is 3.21. The highest BCUT2D eigenvalue weighted by atomic mass is 16.6. The van der Waals surface area contributed by atoms with Gasteiger partial charge in [0.15, 0.2) is 6.10 Å². The van der Waals surface area contributed by atoms with Gasteiger partial charge in [-0.25, -0.2) is 4.79 Å². The van der Waals surface area contributed by atoms with Crippen LogP contribution >= 0.6 is 0 Å². The molecule has 23 heavy (non-hydrogen) atoms. The Hall–Kier alpha value is -1.32. The predicted octanol–water partition coefficient (Wildman–Crippen LogP) is 4.42. The smallest absolute Gasteiger partial charge is 0.347 e. The zero-order valence-corrected chi connectivity index (χ0v) is 15.9. The molecule has 0 aromatic carbocycles. The Balaban J connectivity index is 3.00. The zero-order valence-electron chi connectivity index (χ0n) is 15.9. The van der Waals surface area contributed by atoms with E-state index < -0.39 is 23.1 Å². The molecule has 0 saturated carbocycles. The fraction of sp³-hybridized carbons (Fsp3) is 0.789. The van der Waals surface area contributed by atoms with Crippen LogP contribution in [0, 0.1) is 10.8 Å². The molecule has 1 aliphatic heterocycles. The molecule has 0 N–H and O–H groups in total. The lowest BCUT2D eigenvalue weighted by Crippen LogP contribution is -2.43. The van der Waals surface area contributed by atoms with Gasteiger partial charge >= 0.3 is 11.9 Å². The van der Waals surface area contributed by atoms with Crippen molar-refractivity contribution in [2.24, 2.45) is 10.8 Å². The summed E-state index contributed by atoms with van der Waals surface area (Å²) in [5, 5.41) is 0. The van der Waals surface area contributed by atoms with Crippen molar-refractivity contribution in [2.45, 2.75) is 86.4 Å². The minimum Gasteiger partial charge on any atom is -0.457 e. The molecule has 0 aromatic rings. The topological polar surface area (TPSA) is 52.6 Å². The van der Waals surface area contributed by atoms with Crippen molar-refractivity contribution in [1.82, 2.24) is 0 Å². The number of rotatable bonds is 3. The molecule has 2 atom stereocenters. The molecule has 4 heteroatoms. The number of esters is 2. The van der Waals surface area contributed by atoms with E-state index in [0.29, 0.717) is 6.42 Å². The summed E-state index contributed by atoms with van der Waals surface area (Å²) in [5.41, 5.74) is -0.571. The first-order valence-electron chi connectivity index (χ1n) is 8.38. The summed E-state index contributed by atoms with van der Waals surface area (Å²) >= 11 is 0. The molecule has 0 radical (unpaired) electrons. The Morgan fingerprint density at radius 2 is 1.83 bits per heavy atom. The van der Waals surface area contributed by atoms with E-state index in [9.17, 15) is 9.59 Å². The first-order valence-corrected chi connectivity index (χ1v) is 8.38. The highest BCUT2D eigenvalue weighted by Gasteiger charge is 2.46. The largest absolute Gasteiger partial charge is 0.457 e. The van der Waals surface area contributed by atoms with Crippen LogP contribution in [-0.2, 0) is 19.1 Å². The Kier molecular flexibility index (Phi) is 5.71. The number of carbonyl (C=O) groups excluding carboxylic acids is 2.